The normalized spacial score (nSPS) is 11.3. The summed E-state index contributed by atoms with van der Waals surface area (Å²) in [5.41, 5.74) is 6.40. The quantitative estimate of drug-likeness (QED) is 0.293. The topological polar surface area (TPSA) is 48.6 Å². The van der Waals surface area contributed by atoms with E-state index in [1.165, 1.54) is 0 Å². The van der Waals surface area contributed by atoms with Crippen molar-refractivity contribution in [2.75, 3.05) is 14.2 Å². The molecule has 5 heteroatoms. The Labute approximate surface area is 204 Å². The lowest BCUT2D eigenvalue weighted by Crippen LogP contribution is -2.25. The molecule has 1 aromatic heterocycles. The third-order valence-corrected chi connectivity index (χ3v) is 5.75. The minimum absolute atomic E-state index is 0.588. The van der Waals surface area contributed by atoms with Crippen molar-refractivity contribution >= 4 is 5.69 Å². The molecular formula is C30H25N3O2. The summed E-state index contributed by atoms with van der Waals surface area (Å²) in [7, 11) is 3.34. The predicted molar refractivity (Wildman–Crippen MR) is 139 cm³/mol. The Hall–Kier alpha value is -4.64. The van der Waals surface area contributed by atoms with E-state index in [0.717, 1.165) is 45.3 Å². The Kier molecular flexibility index (Phi) is 6.39. The molecule has 0 aliphatic carbocycles. The molecule has 0 unspecified atom stereocenters. The number of ether oxygens (including phenoxy) is 2. The van der Waals surface area contributed by atoms with Gasteiger partial charge in [0.1, 0.15) is 11.5 Å². The van der Waals surface area contributed by atoms with E-state index in [1.807, 2.05) is 91.1 Å². The average Bonchev–Trinajstić information content (AvgIpc) is 2.94. The number of aromatic nitrogens is 2. The van der Waals surface area contributed by atoms with Gasteiger partial charge in [-0.2, -0.15) is 0 Å². The first-order chi connectivity index (χ1) is 17.3. The molecule has 0 radical (unpaired) electrons. The molecule has 0 aliphatic rings. The molecule has 1 heterocycles. The zero-order valence-corrected chi connectivity index (χ0v) is 19.6. The zero-order valence-electron chi connectivity index (χ0n) is 19.6. The van der Waals surface area contributed by atoms with Gasteiger partial charge in [-0.15, -0.1) is 0 Å². The second-order valence-corrected chi connectivity index (χ2v) is 7.90. The summed E-state index contributed by atoms with van der Waals surface area (Å²) in [6.07, 6.45) is 1.89. The number of methoxy groups -OCH3 is 2. The second-order valence-electron chi connectivity index (χ2n) is 7.90. The van der Waals surface area contributed by atoms with E-state index in [0.29, 0.717) is 5.62 Å². The van der Waals surface area contributed by atoms with Crippen molar-refractivity contribution in [1.82, 2.24) is 9.55 Å². The molecule has 0 spiro atoms. The van der Waals surface area contributed by atoms with E-state index in [2.05, 4.69) is 28.8 Å². The lowest BCUT2D eigenvalue weighted by atomic mass is 9.99. The van der Waals surface area contributed by atoms with Gasteiger partial charge in [-0.1, -0.05) is 48.5 Å². The Morgan fingerprint density at radius 2 is 1.17 bits per heavy atom. The van der Waals surface area contributed by atoms with Crippen LogP contribution in [0.15, 0.2) is 120 Å². The largest absolute Gasteiger partial charge is 0.497 e. The summed E-state index contributed by atoms with van der Waals surface area (Å²) in [4.78, 5) is 9.74. The summed E-state index contributed by atoms with van der Waals surface area (Å²) < 4.78 is 12.9. The maximum atomic E-state index is 5.41. The van der Waals surface area contributed by atoms with E-state index < -0.39 is 0 Å². The van der Waals surface area contributed by atoms with Crippen LogP contribution in [0.1, 0.15) is 0 Å². The van der Waals surface area contributed by atoms with Crippen molar-refractivity contribution in [2.24, 2.45) is 4.99 Å². The van der Waals surface area contributed by atoms with Crippen LogP contribution < -0.4 is 15.1 Å². The molecule has 4 aromatic carbocycles. The van der Waals surface area contributed by atoms with Crippen LogP contribution in [0.3, 0.4) is 0 Å². The van der Waals surface area contributed by atoms with Crippen molar-refractivity contribution < 1.29 is 9.47 Å². The molecule has 0 atom stereocenters. The van der Waals surface area contributed by atoms with E-state index in [4.69, 9.17) is 19.5 Å². The molecule has 0 saturated carbocycles. The Balaban J connectivity index is 1.85. The molecular weight excluding hydrogens is 434 g/mol. The van der Waals surface area contributed by atoms with Crippen molar-refractivity contribution in [2.45, 2.75) is 0 Å². The van der Waals surface area contributed by atoms with Crippen LogP contribution >= 0.6 is 0 Å². The fraction of sp³-hybridized carbons (Fsp3) is 0.0667. The molecule has 172 valence electrons. The maximum Gasteiger partial charge on any atom is 0.235 e. The number of rotatable bonds is 6. The van der Waals surface area contributed by atoms with Crippen LogP contribution in [0.25, 0.3) is 28.1 Å². The molecule has 5 nitrogen and oxygen atoms in total. The van der Waals surface area contributed by atoms with E-state index in [1.54, 1.807) is 14.2 Å². The smallest absolute Gasteiger partial charge is 0.235 e. The van der Waals surface area contributed by atoms with E-state index in [9.17, 15) is 0 Å². The summed E-state index contributed by atoms with van der Waals surface area (Å²) in [5, 5.41) is 0. The van der Waals surface area contributed by atoms with Gasteiger partial charge < -0.3 is 9.47 Å². The van der Waals surface area contributed by atoms with Crippen LogP contribution in [-0.2, 0) is 0 Å². The average molecular weight is 460 g/mol. The first-order valence-electron chi connectivity index (χ1n) is 11.3. The minimum Gasteiger partial charge on any atom is -0.497 e. The zero-order chi connectivity index (χ0) is 24.0. The highest BCUT2D eigenvalue weighted by Crippen LogP contribution is 2.34. The second kappa shape index (κ2) is 10.1. The molecule has 0 saturated heterocycles. The van der Waals surface area contributed by atoms with Crippen molar-refractivity contribution in [3.63, 3.8) is 0 Å². The number of benzene rings is 4. The summed E-state index contributed by atoms with van der Waals surface area (Å²) in [6, 6.07) is 36.1. The maximum absolute atomic E-state index is 5.41. The van der Waals surface area contributed by atoms with Gasteiger partial charge in [0.05, 0.1) is 25.6 Å². The first kappa shape index (κ1) is 22.2. The fourth-order valence-electron chi connectivity index (χ4n) is 4.00. The number of hydrogen-bond acceptors (Lipinski definition) is 4. The third-order valence-electron chi connectivity index (χ3n) is 5.75. The molecule has 0 N–H and O–H groups in total. The van der Waals surface area contributed by atoms with Crippen molar-refractivity contribution in [3.8, 4) is 39.6 Å². The Morgan fingerprint density at radius 3 is 1.74 bits per heavy atom. The Bertz CT molecular complexity index is 1480. The minimum atomic E-state index is 0.588. The highest BCUT2D eigenvalue weighted by atomic mass is 16.5. The molecule has 35 heavy (non-hydrogen) atoms. The van der Waals surface area contributed by atoms with Gasteiger partial charge in [0.2, 0.25) is 5.62 Å². The van der Waals surface area contributed by atoms with Gasteiger partial charge in [0.25, 0.3) is 0 Å². The highest BCUT2D eigenvalue weighted by molar-refractivity contribution is 5.82. The first-order valence-corrected chi connectivity index (χ1v) is 11.3. The fourth-order valence-corrected chi connectivity index (χ4v) is 4.00. The van der Waals surface area contributed by atoms with Gasteiger partial charge in [-0.25, -0.2) is 9.98 Å². The molecule has 0 bridgehead atoms. The lowest BCUT2D eigenvalue weighted by molar-refractivity contribution is 0.414. The van der Waals surface area contributed by atoms with Crippen LogP contribution in [0.5, 0.6) is 11.5 Å². The molecule has 0 aliphatic heterocycles. The van der Waals surface area contributed by atoms with Crippen LogP contribution in [-0.4, -0.2) is 23.8 Å². The van der Waals surface area contributed by atoms with E-state index in [-0.39, 0.29) is 0 Å². The van der Waals surface area contributed by atoms with E-state index >= 15 is 0 Å². The van der Waals surface area contributed by atoms with Gasteiger partial charge in [-0.05, 0) is 71.8 Å². The van der Waals surface area contributed by atoms with Gasteiger partial charge in [0.15, 0.2) is 0 Å². The Morgan fingerprint density at radius 1 is 0.629 bits per heavy atom. The third kappa shape index (κ3) is 4.70. The molecule has 0 amide bonds. The molecule has 0 fully saturated rings. The number of para-hydroxylation sites is 2. The van der Waals surface area contributed by atoms with Crippen LogP contribution in [0.2, 0.25) is 0 Å². The standard InChI is InChI=1S/C30H25N3O2/c1-34-26-17-13-22(14-18-26)28-21-31-30(32-24-9-5-3-6-10-24)33(25-11-7-4-8-12-25)29(28)23-15-19-27(35-2)20-16-23/h3-21H,1-2H3. The molecule has 5 aromatic rings. The predicted octanol–water partition coefficient (Wildman–Crippen LogP) is 6.46. The highest BCUT2D eigenvalue weighted by Gasteiger charge is 2.16. The molecule has 5 rings (SSSR count). The summed E-state index contributed by atoms with van der Waals surface area (Å²) in [6.45, 7) is 0. The van der Waals surface area contributed by atoms with Crippen LogP contribution in [0.4, 0.5) is 5.69 Å². The number of nitrogens with zero attached hydrogens (tertiary/aromatic N) is 3. The van der Waals surface area contributed by atoms with Crippen molar-refractivity contribution in [1.29, 1.82) is 0 Å². The number of hydrogen-bond donors (Lipinski definition) is 0. The lowest BCUT2D eigenvalue weighted by Gasteiger charge is -2.19. The van der Waals surface area contributed by atoms with Crippen molar-refractivity contribution in [3.05, 3.63) is 121 Å². The van der Waals surface area contributed by atoms with Crippen LogP contribution in [0, 0.1) is 0 Å². The van der Waals surface area contributed by atoms with Gasteiger partial charge >= 0.3 is 0 Å². The van der Waals surface area contributed by atoms with Gasteiger partial charge in [0, 0.05) is 17.4 Å². The SMILES string of the molecule is COc1ccc(-c2cnc(=Nc3ccccc3)n(-c3ccccc3)c2-c2ccc(OC)cc2)cc1. The summed E-state index contributed by atoms with van der Waals surface area (Å²) in [5.74, 6) is 1.61. The monoisotopic (exact) mass is 459 g/mol. The van der Waals surface area contributed by atoms with Gasteiger partial charge in [-0.3, -0.25) is 4.57 Å². The summed E-state index contributed by atoms with van der Waals surface area (Å²) >= 11 is 0.